The number of carbonyl (C=O) groups excluding carboxylic acids is 4. The first kappa shape index (κ1) is 30.2. The van der Waals surface area contributed by atoms with E-state index in [1.807, 2.05) is 79.5 Å². The van der Waals surface area contributed by atoms with Crippen LogP contribution in [0.1, 0.15) is 50.8 Å². The average molecular weight is 563 g/mol. The van der Waals surface area contributed by atoms with Crippen LogP contribution in [0.4, 0.5) is 0 Å². The van der Waals surface area contributed by atoms with Crippen LogP contribution >= 0.6 is 0 Å². The van der Waals surface area contributed by atoms with E-state index < -0.39 is 24.0 Å². The van der Waals surface area contributed by atoms with Crippen LogP contribution in [0.15, 0.2) is 60.7 Å². The predicted octanol–water partition coefficient (Wildman–Crippen LogP) is 1.69. The van der Waals surface area contributed by atoms with Crippen molar-refractivity contribution in [2.24, 2.45) is 5.92 Å². The van der Waals surface area contributed by atoms with Crippen LogP contribution in [-0.2, 0) is 19.2 Å². The van der Waals surface area contributed by atoms with Crippen molar-refractivity contribution in [3.05, 3.63) is 71.8 Å². The summed E-state index contributed by atoms with van der Waals surface area (Å²) in [6.07, 6.45) is 0.804. The van der Waals surface area contributed by atoms with E-state index in [0.717, 1.165) is 11.1 Å². The van der Waals surface area contributed by atoms with Gasteiger partial charge in [0.1, 0.15) is 12.1 Å². The Labute approximate surface area is 242 Å². The van der Waals surface area contributed by atoms with Crippen LogP contribution in [0.2, 0.25) is 0 Å². The summed E-state index contributed by atoms with van der Waals surface area (Å²) >= 11 is 0. The summed E-state index contributed by atoms with van der Waals surface area (Å²) in [4.78, 5) is 55.6. The Hall–Kier alpha value is -3.76. The molecule has 2 aromatic rings. The molecule has 2 heterocycles. The number of amides is 4. The molecule has 2 aliphatic rings. The molecular weight excluding hydrogens is 520 g/mol. The summed E-state index contributed by atoms with van der Waals surface area (Å²) in [5.41, 5.74) is 1.87. The summed E-state index contributed by atoms with van der Waals surface area (Å²) in [5, 5.41) is 12.3. The van der Waals surface area contributed by atoms with Crippen molar-refractivity contribution in [3.8, 4) is 0 Å². The van der Waals surface area contributed by atoms with Gasteiger partial charge >= 0.3 is 0 Å². The Balaban J connectivity index is 1.60. The minimum absolute atomic E-state index is 0.0517. The number of likely N-dealkylation sites (N-methyl/N-ethyl adjacent to an activating group) is 1. The molecule has 4 rings (SSSR count). The maximum absolute atomic E-state index is 14.1. The van der Waals surface area contributed by atoms with Crippen LogP contribution < -0.4 is 16.0 Å². The summed E-state index contributed by atoms with van der Waals surface area (Å²) in [6, 6.07) is 16.8. The minimum Gasteiger partial charge on any atom is -0.343 e. The zero-order valence-electron chi connectivity index (χ0n) is 24.4. The number of carbonyl (C=O) groups is 4. The summed E-state index contributed by atoms with van der Waals surface area (Å²) in [5.74, 6) is -0.885. The zero-order chi connectivity index (χ0) is 29.5. The van der Waals surface area contributed by atoms with Crippen LogP contribution in [0.3, 0.4) is 0 Å². The topological polar surface area (TPSA) is 114 Å². The smallest absolute Gasteiger partial charge is 0.262 e. The molecule has 2 aliphatic heterocycles. The fourth-order valence-electron chi connectivity index (χ4n) is 5.37. The highest BCUT2D eigenvalue weighted by molar-refractivity contribution is 5.94. The van der Waals surface area contributed by atoms with E-state index in [-0.39, 0.29) is 36.2 Å². The third-order valence-corrected chi connectivity index (χ3v) is 7.75. The number of nitrogens with zero attached hydrogens (tertiary/aromatic N) is 3. The molecular formula is C31H42N6O4. The highest BCUT2D eigenvalue weighted by atomic mass is 16.2. The third-order valence-electron chi connectivity index (χ3n) is 7.75. The molecule has 3 N–H and O–H groups in total. The van der Waals surface area contributed by atoms with Crippen molar-refractivity contribution in [1.29, 1.82) is 0 Å². The van der Waals surface area contributed by atoms with Crippen LogP contribution in [-0.4, -0.2) is 89.9 Å². The fourth-order valence-corrected chi connectivity index (χ4v) is 5.37. The number of benzene rings is 2. The van der Waals surface area contributed by atoms with Gasteiger partial charge in [0.05, 0.1) is 18.6 Å². The highest BCUT2D eigenvalue weighted by Gasteiger charge is 2.45. The largest absolute Gasteiger partial charge is 0.343 e. The molecule has 0 aromatic heterocycles. The van der Waals surface area contributed by atoms with E-state index >= 15 is 0 Å². The molecule has 0 aliphatic carbocycles. The number of hydrazine groups is 1. The molecule has 4 amide bonds. The second-order valence-electron chi connectivity index (χ2n) is 11.2. The summed E-state index contributed by atoms with van der Waals surface area (Å²) < 4.78 is 0. The Morgan fingerprint density at radius 2 is 1.51 bits per heavy atom. The number of rotatable bonds is 9. The molecule has 3 unspecified atom stereocenters. The zero-order valence-corrected chi connectivity index (χ0v) is 24.4. The Bertz CT molecular complexity index is 1170. The van der Waals surface area contributed by atoms with Gasteiger partial charge < -0.3 is 20.9 Å². The van der Waals surface area contributed by atoms with E-state index in [0.29, 0.717) is 32.5 Å². The lowest BCUT2D eigenvalue weighted by Crippen LogP contribution is -2.64. The summed E-state index contributed by atoms with van der Waals surface area (Å²) in [6.45, 7) is 7.03. The molecule has 0 radical (unpaired) electrons. The molecule has 220 valence electrons. The normalized spacial score (nSPS) is 20.4. The van der Waals surface area contributed by atoms with Gasteiger partial charge in [-0.3, -0.25) is 24.2 Å². The van der Waals surface area contributed by atoms with Crippen molar-refractivity contribution in [3.63, 3.8) is 0 Å². The lowest BCUT2D eigenvalue weighted by molar-refractivity contribution is -0.160. The lowest BCUT2D eigenvalue weighted by atomic mass is 9.98. The Morgan fingerprint density at radius 3 is 2.07 bits per heavy atom. The van der Waals surface area contributed by atoms with Gasteiger partial charge in [-0.2, -0.15) is 0 Å². The monoisotopic (exact) mass is 562 g/mol. The van der Waals surface area contributed by atoms with Crippen LogP contribution in [0.5, 0.6) is 0 Å². The van der Waals surface area contributed by atoms with Gasteiger partial charge in [0.15, 0.2) is 0 Å². The number of hydrogen-bond donors (Lipinski definition) is 3. The van der Waals surface area contributed by atoms with Gasteiger partial charge in [0, 0.05) is 26.1 Å². The lowest BCUT2D eigenvalue weighted by Gasteiger charge is -2.40. The number of fused-ring (bicyclic) bond motifs is 1. The first-order chi connectivity index (χ1) is 19.7. The van der Waals surface area contributed by atoms with Gasteiger partial charge in [0.25, 0.3) is 5.91 Å². The van der Waals surface area contributed by atoms with E-state index in [1.54, 1.807) is 18.9 Å². The van der Waals surface area contributed by atoms with Crippen molar-refractivity contribution < 1.29 is 19.2 Å². The second-order valence-corrected chi connectivity index (χ2v) is 11.2. The maximum atomic E-state index is 14.1. The van der Waals surface area contributed by atoms with Gasteiger partial charge in [-0.1, -0.05) is 74.5 Å². The molecule has 10 heteroatoms. The van der Waals surface area contributed by atoms with Crippen molar-refractivity contribution in [2.75, 3.05) is 33.2 Å². The SMILES string of the molecule is CNC(C)C(=O)NC1CN(C(=O)CC(C)C)CCN2CCC(C(=O)NC(c3ccccc3)c3ccccc3)N2C1=O. The minimum atomic E-state index is -0.982. The maximum Gasteiger partial charge on any atom is 0.262 e. The molecule has 10 nitrogen and oxygen atoms in total. The third kappa shape index (κ3) is 7.31. The van der Waals surface area contributed by atoms with Crippen LogP contribution in [0.25, 0.3) is 0 Å². The summed E-state index contributed by atoms with van der Waals surface area (Å²) in [7, 11) is 1.67. The number of nitrogens with one attached hydrogen (secondary N) is 3. The van der Waals surface area contributed by atoms with Gasteiger partial charge in [0.2, 0.25) is 17.7 Å². The van der Waals surface area contributed by atoms with E-state index in [2.05, 4.69) is 16.0 Å². The van der Waals surface area contributed by atoms with Crippen LogP contribution in [0, 0.1) is 5.92 Å². The molecule has 2 fully saturated rings. The van der Waals surface area contributed by atoms with Crippen molar-refractivity contribution in [1.82, 2.24) is 30.9 Å². The number of hydrogen-bond acceptors (Lipinski definition) is 6. The van der Waals surface area contributed by atoms with E-state index in [1.165, 1.54) is 5.01 Å². The first-order valence-corrected chi connectivity index (χ1v) is 14.4. The molecule has 0 spiro atoms. The molecule has 3 atom stereocenters. The van der Waals surface area contributed by atoms with Gasteiger partial charge in [-0.25, -0.2) is 5.01 Å². The first-order valence-electron chi connectivity index (χ1n) is 14.4. The standard InChI is InChI=1S/C31H42N6O4/c1-21(2)19-27(38)35-17-18-36-16-15-26(37(36)31(41)25(20-35)33-29(39)22(3)32-4)30(40)34-28(23-11-7-5-8-12-23)24-13-9-6-10-14-24/h5-14,21-22,25-26,28,32H,15-20H2,1-4H3,(H,33,39)(H,34,40). The molecule has 2 aromatic carbocycles. The van der Waals surface area contributed by atoms with Gasteiger partial charge in [-0.15, -0.1) is 0 Å². The molecule has 2 saturated heterocycles. The molecule has 41 heavy (non-hydrogen) atoms. The van der Waals surface area contributed by atoms with E-state index in [4.69, 9.17) is 0 Å². The average Bonchev–Trinajstić information content (AvgIpc) is 3.39. The second kappa shape index (κ2) is 13.7. The Morgan fingerprint density at radius 1 is 0.902 bits per heavy atom. The van der Waals surface area contributed by atoms with E-state index in [9.17, 15) is 19.2 Å². The molecule has 0 saturated carbocycles. The quantitative estimate of drug-likeness (QED) is 0.429. The fraction of sp³-hybridized carbons (Fsp3) is 0.484. The Kier molecular flexibility index (Phi) is 10.1. The van der Waals surface area contributed by atoms with Gasteiger partial charge in [-0.05, 0) is 37.4 Å². The van der Waals surface area contributed by atoms with Crippen molar-refractivity contribution in [2.45, 2.75) is 57.8 Å². The highest BCUT2D eigenvalue weighted by Crippen LogP contribution is 2.26. The predicted molar refractivity (Wildman–Crippen MR) is 156 cm³/mol. The molecule has 0 bridgehead atoms. The van der Waals surface area contributed by atoms with Crippen molar-refractivity contribution >= 4 is 23.6 Å².